The van der Waals surface area contributed by atoms with Gasteiger partial charge >= 0.3 is 0 Å². The van der Waals surface area contributed by atoms with E-state index in [1.165, 1.54) is 17.1 Å². The van der Waals surface area contributed by atoms with Crippen LogP contribution in [-0.4, -0.2) is 34.4 Å². The Labute approximate surface area is 116 Å². The van der Waals surface area contributed by atoms with Crippen molar-refractivity contribution in [3.8, 4) is 0 Å². The Bertz CT molecular complexity index is 415. The first-order valence-electron chi connectivity index (χ1n) is 6.47. The van der Waals surface area contributed by atoms with E-state index < -0.39 is 0 Å². The molecule has 98 valence electrons. The van der Waals surface area contributed by atoms with E-state index >= 15 is 0 Å². The molecule has 2 aliphatic rings. The van der Waals surface area contributed by atoms with Gasteiger partial charge in [-0.25, -0.2) is 0 Å². The molecule has 0 aliphatic carbocycles. The van der Waals surface area contributed by atoms with Gasteiger partial charge in [0, 0.05) is 16.7 Å². The Morgan fingerprint density at radius 2 is 2.39 bits per heavy atom. The minimum absolute atomic E-state index is 0.0518. The third kappa shape index (κ3) is 2.19. The molecule has 3 unspecified atom stereocenters. The lowest BCUT2D eigenvalue weighted by Crippen LogP contribution is -2.42. The number of carbonyl (C=O) groups excluding carboxylic acids is 1. The number of nitrogens with zero attached hydrogens (tertiary/aromatic N) is 1. The van der Waals surface area contributed by atoms with Crippen LogP contribution in [0.25, 0.3) is 0 Å². The first-order valence-corrected chi connectivity index (χ1v) is 8.50. The molecule has 5 heteroatoms. The predicted molar refractivity (Wildman–Crippen MR) is 76.9 cm³/mol. The zero-order valence-electron chi connectivity index (χ0n) is 10.5. The standard InChI is InChI=1S/C13H18N2OS2/c1-9-13(16)15(10-4-2-6-17-8-10)12(14-9)11-5-3-7-18-11/h3,5,7,9-10,12,14H,2,4,6,8H2,1H3. The van der Waals surface area contributed by atoms with Crippen LogP contribution in [0, 0.1) is 0 Å². The number of nitrogens with one attached hydrogen (secondary N) is 1. The molecular formula is C13H18N2OS2. The highest BCUT2D eigenvalue weighted by Crippen LogP contribution is 2.34. The molecular weight excluding hydrogens is 264 g/mol. The van der Waals surface area contributed by atoms with Crippen molar-refractivity contribution in [2.75, 3.05) is 11.5 Å². The van der Waals surface area contributed by atoms with Crippen LogP contribution >= 0.6 is 23.1 Å². The molecule has 2 aliphatic heterocycles. The summed E-state index contributed by atoms with van der Waals surface area (Å²) in [4.78, 5) is 15.7. The van der Waals surface area contributed by atoms with Crippen LogP contribution in [0.5, 0.6) is 0 Å². The van der Waals surface area contributed by atoms with Crippen molar-refractivity contribution in [1.29, 1.82) is 0 Å². The van der Waals surface area contributed by atoms with E-state index in [9.17, 15) is 4.79 Å². The Morgan fingerprint density at radius 1 is 1.50 bits per heavy atom. The maximum atomic E-state index is 12.4. The van der Waals surface area contributed by atoms with Gasteiger partial charge in [0.25, 0.3) is 0 Å². The molecule has 1 N–H and O–H groups in total. The third-order valence-electron chi connectivity index (χ3n) is 3.65. The van der Waals surface area contributed by atoms with Gasteiger partial charge in [-0.1, -0.05) is 6.07 Å². The van der Waals surface area contributed by atoms with Gasteiger partial charge in [-0.15, -0.1) is 11.3 Å². The quantitative estimate of drug-likeness (QED) is 0.904. The largest absolute Gasteiger partial charge is 0.317 e. The summed E-state index contributed by atoms with van der Waals surface area (Å²) in [6.07, 6.45) is 2.47. The molecule has 3 rings (SSSR count). The number of carbonyl (C=O) groups is 1. The van der Waals surface area contributed by atoms with Gasteiger partial charge in [0.2, 0.25) is 5.91 Å². The van der Waals surface area contributed by atoms with E-state index in [1.54, 1.807) is 11.3 Å². The molecule has 3 nitrogen and oxygen atoms in total. The first kappa shape index (κ1) is 12.5. The highest BCUT2D eigenvalue weighted by atomic mass is 32.2. The molecule has 0 radical (unpaired) electrons. The molecule has 18 heavy (non-hydrogen) atoms. The van der Waals surface area contributed by atoms with Crippen LogP contribution in [0.2, 0.25) is 0 Å². The molecule has 2 saturated heterocycles. The summed E-state index contributed by atoms with van der Waals surface area (Å²) < 4.78 is 0. The zero-order chi connectivity index (χ0) is 12.5. The van der Waals surface area contributed by atoms with Crippen molar-refractivity contribution >= 4 is 29.0 Å². The van der Waals surface area contributed by atoms with Gasteiger partial charge in [0.05, 0.1) is 6.04 Å². The Kier molecular flexibility index (Phi) is 3.63. The van der Waals surface area contributed by atoms with E-state index in [2.05, 4.69) is 27.7 Å². The molecule has 0 bridgehead atoms. The number of thiophene rings is 1. The summed E-state index contributed by atoms with van der Waals surface area (Å²) in [7, 11) is 0. The van der Waals surface area contributed by atoms with Gasteiger partial charge in [-0.3, -0.25) is 10.1 Å². The molecule has 0 saturated carbocycles. The lowest BCUT2D eigenvalue weighted by atomic mass is 10.1. The van der Waals surface area contributed by atoms with E-state index in [0.717, 1.165) is 12.2 Å². The van der Waals surface area contributed by atoms with Crippen LogP contribution < -0.4 is 5.32 Å². The Morgan fingerprint density at radius 3 is 3.06 bits per heavy atom. The highest BCUT2D eigenvalue weighted by molar-refractivity contribution is 7.99. The molecule has 0 aromatic carbocycles. The fourth-order valence-corrected chi connectivity index (χ4v) is 4.66. The monoisotopic (exact) mass is 282 g/mol. The number of hydrogen-bond acceptors (Lipinski definition) is 4. The van der Waals surface area contributed by atoms with Crippen LogP contribution in [0.4, 0.5) is 0 Å². The van der Waals surface area contributed by atoms with Crippen LogP contribution in [0.3, 0.4) is 0 Å². The van der Waals surface area contributed by atoms with Gasteiger partial charge in [-0.05, 0) is 37.0 Å². The zero-order valence-corrected chi connectivity index (χ0v) is 12.1. The van der Waals surface area contributed by atoms with Gasteiger partial charge in [-0.2, -0.15) is 11.8 Å². The Hall–Kier alpha value is -0.520. The van der Waals surface area contributed by atoms with Crippen molar-refractivity contribution in [2.24, 2.45) is 0 Å². The summed E-state index contributed by atoms with van der Waals surface area (Å²) >= 11 is 3.70. The molecule has 3 atom stereocenters. The van der Waals surface area contributed by atoms with Crippen molar-refractivity contribution in [1.82, 2.24) is 10.2 Å². The fraction of sp³-hybridized carbons (Fsp3) is 0.615. The van der Waals surface area contributed by atoms with Gasteiger partial charge in [0.15, 0.2) is 0 Å². The van der Waals surface area contributed by atoms with Gasteiger partial charge in [0.1, 0.15) is 6.17 Å². The van der Waals surface area contributed by atoms with E-state index in [-0.39, 0.29) is 18.1 Å². The second kappa shape index (κ2) is 5.23. The molecule has 1 aromatic heterocycles. The number of rotatable bonds is 2. The number of hydrogen-bond donors (Lipinski definition) is 1. The topological polar surface area (TPSA) is 32.3 Å². The molecule has 1 amide bonds. The molecule has 3 heterocycles. The van der Waals surface area contributed by atoms with Crippen molar-refractivity contribution in [3.05, 3.63) is 22.4 Å². The normalized spacial score (nSPS) is 33.1. The van der Waals surface area contributed by atoms with Crippen LogP contribution in [0.15, 0.2) is 17.5 Å². The lowest BCUT2D eigenvalue weighted by molar-refractivity contribution is -0.131. The SMILES string of the molecule is CC1NC(c2cccs2)N(C2CCCSC2)C1=O. The van der Waals surface area contributed by atoms with Crippen molar-refractivity contribution in [3.63, 3.8) is 0 Å². The van der Waals surface area contributed by atoms with E-state index in [1.807, 2.05) is 18.7 Å². The minimum Gasteiger partial charge on any atom is -0.317 e. The maximum absolute atomic E-state index is 12.4. The summed E-state index contributed by atoms with van der Waals surface area (Å²) in [6, 6.07) is 4.53. The summed E-state index contributed by atoms with van der Waals surface area (Å²) in [5.41, 5.74) is 0. The predicted octanol–water partition coefficient (Wildman–Crippen LogP) is 2.46. The first-order chi connectivity index (χ1) is 8.77. The average molecular weight is 282 g/mol. The molecule has 2 fully saturated rings. The van der Waals surface area contributed by atoms with Crippen LogP contribution in [-0.2, 0) is 4.79 Å². The third-order valence-corrected chi connectivity index (χ3v) is 5.78. The second-order valence-electron chi connectivity index (χ2n) is 4.92. The van der Waals surface area contributed by atoms with E-state index in [4.69, 9.17) is 0 Å². The Balaban J connectivity index is 1.85. The van der Waals surface area contributed by atoms with Gasteiger partial charge < -0.3 is 4.90 Å². The minimum atomic E-state index is -0.0518. The lowest BCUT2D eigenvalue weighted by Gasteiger charge is -2.34. The van der Waals surface area contributed by atoms with Crippen LogP contribution in [0.1, 0.15) is 30.8 Å². The van der Waals surface area contributed by atoms with E-state index in [0.29, 0.717) is 6.04 Å². The smallest absolute Gasteiger partial charge is 0.241 e. The highest BCUT2D eigenvalue weighted by Gasteiger charge is 2.41. The summed E-state index contributed by atoms with van der Waals surface area (Å²) in [5.74, 6) is 2.59. The van der Waals surface area contributed by atoms with Crippen molar-refractivity contribution in [2.45, 2.75) is 38.0 Å². The average Bonchev–Trinajstić information content (AvgIpc) is 3.00. The fourth-order valence-electron chi connectivity index (χ4n) is 2.74. The summed E-state index contributed by atoms with van der Waals surface area (Å²) in [6.45, 7) is 1.97. The molecule has 0 spiro atoms. The number of amides is 1. The number of thioether (sulfide) groups is 1. The maximum Gasteiger partial charge on any atom is 0.241 e. The molecule has 1 aromatic rings. The van der Waals surface area contributed by atoms with Crippen molar-refractivity contribution < 1.29 is 4.79 Å². The second-order valence-corrected chi connectivity index (χ2v) is 7.05. The summed E-state index contributed by atoms with van der Waals surface area (Å²) in [5, 5.41) is 5.51.